The lowest BCUT2D eigenvalue weighted by Crippen LogP contribution is -2.54. The lowest BCUT2D eigenvalue weighted by Gasteiger charge is -2.41. The van der Waals surface area contributed by atoms with Crippen molar-refractivity contribution in [3.63, 3.8) is 0 Å². The number of hydrogen-bond acceptors (Lipinski definition) is 4. The van der Waals surface area contributed by atoms with Crippen LogP contribution in [0.15, 0.2) is 54.6 Å². The van der Waals surface area contributed by atoms with E-state index in [9.17, 15) is 4.79 Å². The van der Waals surface area contributed by atoms with E-state index in [4.69, 9.17) is 9.47 Å². The molecular weight excluding hydrogens is 352 g/mol. The summed E-state index contributed by atoms with van der Waals surface area (Å²) in [5.74, 6) is 0.854. The molecule has 0 aliphatic carbocycles. The van der Waals surface area contributed by atoms with Crippen LogP contribution in [0.25, 0.3) is 0 Å². The second-order valence-electron chi connectivity index (χ2n) is 8.24. The third kappa shape index (κ3) is 5.41. The summed E-state index contributed by atoms with van der Waals surface area (Å²) in [6.07, 6.45) is -0.233. The average molecular weight is 383 g/mol. The molecule has 2 aromatic carbocycles. The van der Waals surface area contributed by atoms with Gasteiger partial charge in [-0.1, -0.05) is 30.3 Å². The van der Waals surface area contributed by atoms with Crippen molar-refractivity contribution < 1.29 is 14.3 Å². The Morgan fingerprint density at radius 2 is 1.71 bits per heavy atom. The highest BCUT2D eigenvalue weighted by molar-refractivity contribution is 5.69. The molecule has 5 nitrogen and oxygen atoms in total. The minimum Gasteiger partial charge on any atom is -0.489 e. The Bertz CT molecular complexity index is 769. The van der Waals surface area contributed by atoms with Crippen molar-refractivity contribution in [2.75, 3.05) is 24.5 Å². The molecule has 0 spiro atoms. The fraction of sp³-hybridized carbons (Fsp3) is 0.435. The number of amides is 1. The molecule has 1 atom stereocenters. The summed E-state index contributed by atoms with van der Waals surface area (Å²) in [4.78, 5) is 16.4. The van der Waals surface area contributed by atoms with Crippen molar-refractivity contribution in [3.05, 3.63) is 60.2 Å². The summed E-state index contributed by atoms with van der Waals surface area (Å²) in [6, 6.07) is 18.5. The number of anilines is 1. The van der Waals surface area contributed by atoms with Gasteiger partial charge in [0.1, 0.15) is 18.0 Å². The molecule has 150 valence electrons. The lowest BCUT2D eigenvalue weighted by molar-refractivity contribution is 0.0219. The first kappa shape index (κ1) is 20.1. The smallest absolute Gasteiger partial charge is 0.410 e. The van der Waals surface area contributed by atoms with Crippen LogP contribution >= 0.6 is 0 Å². The molecule has 0 saturated carbocycles. The van der Waals surface area contributed by atoms with Gasteiger partial charge in [0.2, 0.25) is 0 Å². The van der Waals surface area contributed by atoms with Gasteiger partial charge in [0.15, 0.2) is 0 Å². The van der Waals surface area contributed by atoms with Gasteiger partial charge in [-0.25, -0.2) is 4.79 Å². The van der Waals surface area contributed by atoms with Crippen molar-refractivity contribution in [1.29, 1.82) is 0 Å². The van der Waals surface area contributed by atoms with E-state index < -0.39 is 5.60 Å². The first-order valence-corrected chi connectivity index (χ1v) is 9.83. The number of rotatable bonds is 4. The maximum absolute atomic E-state index is 12.3. The second kappa shape index (κ2) is 8.55. The molecule has 0 unspecified atom stereocenters. The van der Waals surface area contributed by atoms with E-state index in [1.165, 1.54) is 0 Å². The topological polar surface area (TPSA) is 42.0 Å². The SMILES string of the molecule is C[C@H]1CN(C(=O)OC(C)(C)C)CCN1c1ccc(OCc2ccccc2)cc1. The number of benzene rings is 2. The molecule has 1 aliphatic rings. The predicted molar refractivity (Wildman–Crippen MR) is 112 cm³/mol. The molecule has 0 N–H and O–H groups in total. The van der Waals surface area contributed by atoms with Crippen LogP contribution in [0.2, 0.25) is 0 Å². The second-order valence-corrected chi connectivity index (χ2v) is 8.24. The Labute approximate surface area is 167 Å². The van der Waals surface area contributed by atoms with Crippen LogP contribution in [0, 0.1) is 0 Å². The van der Waals surface area contributed by atoms with Crippen LogP contribution in [0.4, 0.5) is 10.5 Å². The number of ether oxygens (including phenoxy) is 2. The molecule has 1 fully saturated rings. The van der Waals surface area contributed by atoms with Crippen molar-refractivity contribution in [3.8, 4) is 5.75 Å². The van der Waals surface area contributed by atoms with Crippen LogP contribution in [-0.4, -0.2) is 42.3 Å². The van der Waals surface area contributed by atoms with Gasteiger partial charge in [-0.3, -0.25) is 0 Å². The maximum Gasteiger partial charge on any atom is 0.410 e. The summed E-state index contributed by atoms with van der Waals surface area (Å²) >= 11 is 0. The summed E-state index contributed by atoms with van der Waals surface area (Å²) in [5.41, 5.74) is 1.83. The molecule has 1 amide bonds. The van der Waals surface area contributed by atoms with Crippen LogP contribution in [-0.2, 0) is 11.3 Å². The largest absolute Gasteiger partial charge is 0.489 e. The number of carbonyl (C=O) groups is 1. The molecule has 0 aromatic heterocycles. The number of piperazine rings is 1. The third-order valence-electron chi connectivity index (χ3n) is 4.70. The fourth-order valence-electron chi connectivity index (χ4n) is 3.31. The molecule has 28 heavy (non-hydrogen) atoms. The number of carbonyl (C=O) groups excluding carboxylic acids is 1. The van der Waals surface area contributed by atoms with E-state index in [-0.39, 0.29) is 12.1 Å². The Morgan fingerprint density at radius 3 is 2.32 bits per heavy atom. The van der Waals surface area contributed by atoms with Gasteiger partial charge in [0.05, 0.1) is 0 Å². The van der Waals surface area contributed by atoms with Gasteiger partial charge < -0.3 is 19.3 Å². The normalized spacial score (nSPS) is 17.4. The van der Waals surface area contributed by atoms with Crippen LogP contribution in [0.3, 0.4) is 0 Å². The van der Waals surface area contributed by atoms with Crippen LogP contribution in [0.5, 0.6) is 5.75 Å². The maximum atomic E-state index is 12.3. The molecule has 3 rings (SSSR count). The van der Waals surface area contributed by atoms with E-state index in [1.54, 1.807) is 4.90 Å². The van der Waals surface area contributed by atoms with Gasteiger partial charge in [0.25, 0.3) is 0 Å². The standard InChI is InChI=1S/C23H30N2O3/c1-18-16-24(22(26)28-23(2,3)4)14-15-25(18)20-10-12-21(13-11-20)27-17-19-8-6-5-7-9-19/h5-13,18H,14-17H2,1-4H3/t18-/m0/s1. The molecule has 1 saturated heterocycles. The highest BCUT2D eigenvalue weighted by Gasteiger charge is 2.29. The van der Waals surface area contributed by atoms with E-state index in [0.717, 1.165) is 23.5 Å². The molecule has 0 bridgehead atoms. The first-order chi connectivity index (χ1) is 13.3. The molecular formula is C23H30N2O3. The van der Waals surface area contributed by atoms with Gasteiger partial charge in [-0.05, 0) is 57.5 Å². The van der Waals surface area contributed by atoms with E-state index in [0.29, 0.717) is 19.7 Å². The summed E-state index contributed by atoms with van der Waals surface area (Å²) < 4.78 is 11.4. The summed E-state index contributed by atoms with van der Waals surface area (Å²) in [6.45, 7) is 10.5. The zero-order valence-electron chi connectivity index (χ0n) is 17.2. The molecule has 2 aromatic rings. The zero-order chi connectivity index (χ0) is 20.1. The molecule has 1 aliphatic heterocycles. The first-order valence-electron chi connectivity index (χ1n) is 9.83. The quantitative estimate of drug-likeness (QED) is 0.768. The molecule has 0 radical (unpaired) electrons. The summed E-state index contributed by atoms with van der Waals surface area (Å²) in [7, 11) is 0. The summed E-state index contributed by atoms with van der Waals surface area (Å²) in [5, 5.41) is 0. The Kier molecular flexibility index (Phi) is 6.12. The molecule has 5 heteroatoms. The zero-order valence-corrected chi connectivity index (χ0v) is 17.2. The lowest BCUT2D eigenvalue weighted by atomic mass is 10.1. The van der Waals surface area contributed by atoms with Crippen LogP contribution in [0.1, 0.15) is 33.3 Å². The Hall–Kier alpha value is -2.69. The molecule has 1 heterocycles. The fourth-order valence-corrected chi connectivity index (χ4v) is 3.31. The highest BCUT2D eigenvalue weighted by atomic mass is 16.6. The van der Waals surface area contributed by atoms with E-state index in [2.05, 4.69) is 36.1 Å². The van der Waals surface area contributed by atoms with Crippen molar-refractivity contribution in [2.24, 2.45) is 0 Å². The van der Waals surface area contributed by atoms with Gasteiger partial charge >= 0.3 is 6.09 Å². The number of nitrogens with zero attached hydrogens (tertiary/aromatic N) is 2. The third-order valence-corrected chi connectivity index (χ3v) is 4.70. The Morgan fingerprint density at radius 1 is 1.04 bits per heavy atom. The van der Waals surface area contributed by atoms with Gasteiger partial charge in [-0.2, -0.15) is 0 Å². The van der Waals surface area contributed by atoms with Crippen molar-refractivity contribution >= 4 is 11.8 Å². The van der Waals surface area contributed by atoms with Crippen LogP contribution < -0.4 is 9.64 Å². The Balaban J connectivity index is 1.55. The van der Waals surface area contributed by atoms with Gasteiger partial charge in [0, 0.05) is 31.4 Å². The minimum absolute atomic E-state index is 0.220. The van der Waals surface area contributed by atoms with Gasteiger partial charge in [-0.15, -0.1) is 0 Å². The van der Waals surface area contributed by atoms with E-state index in [1.807, 2.05) is 51.1 Å². The monoisotopic (exact) mass is 382 g/mol. The van der Waals surface area contributed by atoms with Crippen molar-refractivity contribution in [1.82, 2.24) is 4.90 Å². The minimum atomic E-state index is -0.465. The highest BCUT2D eigenvalue weighted by Crippen LogP contribution is 2.24. The number of hydrogen-bond donors (Lipinski definition) is 0. The predicted octanol–water partition coefficient (Wildman–Crippen LogP) is 4.71. The van der Waals surface area contributed by atoms with E-state index >= 15 is 0 Å². The average Bonchev–Trinajstić information content (AvgIpc) is 2.66. The van der Waals surface area contributed by atoms with Crippen molar-refractivity contribution in [2.45, 2.75) is 45.9 Å².